The molecule has 1 heterocycles. The minimum atomic E-state index is 0.464. The minimum absolute atomic E-state index is 0.464. The molecule has 0 aliphatic carbocycles. The van der Waals surface area contributed by atoms with E-state index < -0.39 is 0 Å². The van der Waals surface area contributed by atoms with Crippen LogP contribution < -0.4 is 0 Å². The zero-order valence-corrected chi connectivity index (χ0v) is 12.4. The fourth-order valence-corrected chi connectivity index (χ4v) is 2.34. The van der Waals surface area contributed by atoms with Crippen LogP contribution in [-0.4, -0.2) is 0 Å². The Morgan fingerprint density at radius 3 is 1.48 bits per heavy atom. The summed E-state index contributed by atoms with van der Waals surface area (Å²) in [5, 5.41) is 0. The predicted octanol–water partition coefficient (Wildman–Crippen LogP) is 6.02. The monoisotopic (exact) mass is 275 g/mol. The van der Waals surface area contributed by atoms with Crippen LogP contribution in [0, 0.1) is 0 Å². The van der Waals surface area contributed by atoms with Gasteiger partial charge < -0.3 is 0 Å². The van der Waals surface area contributed by atoms with Crippen molar-refractivity contribution in [2.75, 3.05) is 0 Å². The zero-order chi connectivity index (χ0) is 14.7. The van der Waals surface area contributed by atoms with E-state index in [1.807, 2.05) is 36.4 Å². The van der Waals surface area contributed by atoms with Crippen LogP contribution in [0.4, 0.5) is 0 Å². The third-order valence-corrected chi connectivity index (χ3v) is 3.60. The van der Waals surface area contributed by atoms with Crippen molar-refractivity contribution in [1.82, 2.24) is 0 Å². The molecular formula is C20H19O+. The molecule has 0 N–H and O–H groups in total. The Morgan fingerprint density at radius 2 is 1.10 bits per heavy atom. The largest absolute Gasteiger partial charge is 0.361 e. The molecule has 0 aliphatic rings. The quantitative estimate of drug-likeness (QED) is 0.532. The van der Waals surface area contributed by atoms with Gasteiger partial charge in [-0.25, -0.2) is 4.42 Å². The molecular weight excluding hydrogens is 256 g/mol. The Hall–Kier alpha value is -2.41. The fraction of sp³-hybridized carbons (Fsp3) is 0.150. The predicted molar refractivity (Wildman–Crippen MR) is 88.1 cm³/mol. The average Bonchev–Trinajstić information content (AvgIpc) is 2.56. The van der Waals surface area contributed by atoms with Crippen molar-refractivity contribution in [2.45, 2.75) is 19.8 Å². The Kier molecular flexibility index (Phi) is 3.83. The molecule has 0 fully saturated rings. The lowest BCUT2D eigenvalue weighted by atomic mass is 10.00. The zero-order valence-electron chi connectivity index (χ0n) is 12.4. The van der Waals surface area contributed by atoms with Gasteiger partial charge in [-0.15, -0.1) is 0 Å². The van der Waals surface area contributed by atoms with Crippen molar-refractivity contribution in [2.24, 2.45) is 0 Å². The van der Waals surface area contributed by atoms with Gasteiger partial charge in [0, 0.05) is 12.1 Å². The first-order chi connectivity index (χ1) is 10.2. The third-order valence-electron chi connectivity index (χ3n) is 3.60. The Morgan fingerprint density at radius 1 is 0.667 bits per heavy atom. The van der Waals surface area contributed by atoms with Gasteiger partial charge in [0.1, 0.15) is 0 Å². The maximum atomic E-state index is 6.14. The van der Waals surface area contributed by atoms with Crippen molar-refractivity contribution in [3.05, 3.63) is 78.4 Å². The van der Waals surface area contributed by atoms with E-state index in [1.54, 1.807) is 0 Å². The Bertz CT molecular complexity index is 658. The molecule has 3 rings (SSSR count). The first-order valence-corrected chi connectivity index (χ1v) is 7.33. The van der Waals surface area contributed by atoms with E-state index in [4.69, 9.17) is 4.42 Å². The summed E-state index contributed by atoms with van der Waals surface area (Å²) in [6, 6.07) is 24.8. The van der Waals surface area contributed by atoms with E-state index in [0.717, 1.165) is 22.6 Å². The lowest BCUT2D eigenvalue weighted by molar-refractivity contribution is 0.577. The lowest BCUT2D eigenvalue weighted by Crippen LogP contribution is -1.91. The summed E-state index contributed by atoms with van der Waals surface area (Å²) in [6.07, 6.45) is 0. The van der Waals surface area contributed by atoms with Crippen LogP contribution in [0.5, 0.6) is 0 Å². The highest BCUT2D eigenvalue weighted by Crippen LogP contribution is 2.30. The standard InChI is InChI=1S/C20H19O/c1-15(2)18-13-19(16-9-5-3-6-10-16)21-20(14-18)17-11-7-4-8-12-17/h3-15H,1-2H3/q+1. The van der Waals surface area contributed by atoms with Crippen molar-refractivity contribution >= 4 is 0 Å². The maximum Gasteiger partial charge on any atom is 0.361 e. The van der Waals surface area contributed by atoms with Gasteiger partial charge >= 0.3 is 11.5 Å². The molecule has 0 amide bonds. The summed E-state index contributed by atoms with van der Waals surface area (Å²) in [5.41, 5.74) is 3.51. The second-order valence-electron chi connectivity index (χ2n) is 5.51. The molecule has 0 aliphatic heterocycles. The smallest absolute Gasteiger partial charge is 0.207 e. The van der Waals surface area contributed by atoms with E-state index in [9.17, 15) is 0 Å². The normalized spacial score (nSPS) is 10.8. The van der Waals surface area contributed by atoms with Crippen molar-refractivity contribution in [3.8, 4) is 22.6 Å². The molecule has 0 saturated heterocycles. The second-order valence-corrected chi connectivity index (χ2v) is 5.51. The minimum Gasteiger partial charge on any atom is -0.207 e. The van der Waals surface area contributed by atoms with Gasteiger partial charge in [-0.1, -0.05) is 50.2 Å². The van der Waals surface area contributed by atoms with E-state index in [0.29, 0.717) is 5.92 Å². The fourth-order valence-electron chi connectivity index (χ4n) is 2.34. The van der Waals surface area contributed by atoms with Gasteiger partial charge in [-0.05, 0) is 35.7 Å². The molecule has 0 spiro atoms. The molecule has 0 bridgehead atoms. The van der Waals surface area contributed by atoms with Crippen molar-refractivity contribution in [1.29, 1.82) is 0 Å². The number of hydrogen-bond acceptors (Lipinski definition) is 0. The van der Waals surface area contributed by atoms with Crippen molar-refractivity contribution < 1.29 is 4.42 Å². The molecule has 104 valence electrons. The van der Waals surface area contributed by atoms with Crippen LogP contribution in [0.2, 0.25) is 0 Å². The molecule has 0 saturated carbocycles. The first kappa shape index (κ1) is 13.6. The number of rotatable bonds is 3. The van der Waals surface area contributed by atoms with Crippen LogP contribution in [0.25, 0.3) is 22.6 Å². The van der Waals surface area contributed by atoms with Crippen LogP contribution >= 0.6 is 0 Å². The van der Waals surface area contributed by atoms with Gasteiger partial charge in [0.15, 0.2) is 0 Å². The highest BCUT2D eigenvalue weighted by Gasteiger charge is 2.20. The van der Waals surface area contributed by atoms with Gasteiger partial charge in [0.2, 0.25) is 0 Å². The average molecular weight is 275 g/mol. The maximum absolute atomic E-state index is 6.14. The molecule has 1 nitrogen and oxygen atoms in total. The molecule has 3 aromatic rings. The summed E-state index contributed by atoms with van der Waals surface area (Å²) < 4.78 is 6.14. The van der Waals surface area contributed by atoms with Gasteiger partial charge in [0.25, 0.3) is 0 Å². The number of hydrogen-bond donors (Lipinski definition) is 0. The molecule has 0 atom stereocenters. The molecule has 1 aromatic heterocycles. The SMILES string of the molecule is CC(C)c1cc(-c2ccccc2)[o+]c(-c2ccccc2)c1. The Labute approximate surface area is 125 Å². The topological polar surface area (TPSA) is 11.3 Å². The van der Waals surface area contributed by atoms with Crippen LogP contribution in [0.15, 0.2) is 77.2 Å². The Balaban J connectivity index is 2.16. The highest BCUT2D eigenvalue weighted by molar-refractivity contribution is 5.64. The number of benzene rings is 2. The molecule has 21 heavy (non-hydrogen) atoms. The summed E-state index contributed by atoms with van der Waals surface area (Å²) >= 11 is 0. The van der Waals surface area contributed by atoms with Crippen LogP contribution in [0.1, 0.15) is 25.3 Å². The van der Waals surface area contributed by atoms with E-state index >= 15 is 0 Å². The second kappa shape index (κ2) is 5.92. The summed E-state index contributed by atoms with van der Waals surface area (Å²) in [7, 11) is 0. The third kappa shape index (κ3) is 3.03. The summed E-state index contributed by atoms with van der Waals surface area (Å²) in [5.74, 6) is 2.30. The summed E-state index contributed by atoms with van der Waals surface area (Å²) in [6.45, 7) is 4.41. The van der Waals surface area contributed by atoms with Gasteiger partial charge in [-0.3, -0.25) is 0 Å². The summed E-state index contributed by atoms with van der Waals surface area (Å²) in [4.78, 5) is 0. The van der Waals surface area contributed by atoms with Crippen LogP contribution in [-0.2, 0) is 0 Å². The van der Waals surface area contributed by atoms with Gasteiger partial charge in [0.05, 0.1) is 11.1 Å². The molecule has 0 radical (unpaired) electrons. The van der Waals surface area contributed by atoms with E-state index in [2.05, 4.69) is 50.2 Å². The lowest BCUT2D eigenvalue weighted by Gasteiger charge is -2.04. The van der Waals surface area contributed by atoms with E-state index in [-0.39, 0.29) is 0 Å². The van der Waals surface area contributed by atoms with E-state index in [1.165, 1.54) is 5.56 Å². The van der Waals surface area contributed by atoms with Crippen LogP contribution in [0.3, 0.4) is 0 Å². The molecule has 2 aromatic carbocycles. The van der Waals surface area contributed by atoms with Gasteiger partial charge in [-0.2, -0.15) is 0 Å². The molecule has 0 unspecified atom stereocenters. The first-order valence-electron chi connectivity index (χ1n) is 7.33. The highest BCUT2D eigenvalue weighted by atomic mass is 16.3. The van der Waals surface area contributed by atoms with Crippen molar-refractivity contribution in [3.63, 3.8) is 0 Å². The molecule has 1 heteroatoms.